The van der Waals surface area contributed by atoms with Crippen LogP contribution in [0.3, 0.4) is 0 Å². The maximum absolute atomic E-state index is 10.9. The first-order valence-corrected chi connectivity index (χ1v) is 8.25. The zero-order valence-corrected chi connectivity index (χ0v) is 11.3. The molecule has 0 aromatic carbocycles. The molecule has 11 nitrogen and oxygen atoms in total. The number of primary amides is 1. The Labute approximate surface area is 107 Å². The molecule has 7 N–H and O–H groups in total. The molecule has 0 aliphatic rings. The molecule has 0 bridgehead atoms. The van der Waals surface area contributed by atoms with Crippen LogP contribution in [0.1, 0.15) is 6.42 Å². The second-order valence-corrected chi connectivity index (χ2v) is 6.95. The first-order valence-electron chi connectivity index (χ1n) is 4.66. The largest absolute Gasteiger partial charge is 0.480 e. The highest BCUT2D eigenvalue weighted by molar-refractivity contribution is 7.52. The molecule has 19 heavy (non-hydrogen) atoms. The smallest absolute Gasteiger partial charge is 0.339 e. The number of amides is 1. The van der Waals surface area contributed by atoms with Gasteiger partial charge in [0, 0.05) is 0 Å². The summed E-state index contributed by atoms with van der Waals surface area (Å²) in [6, 6.07) is -1.84. The molecule has 0 rings (SSSR count). The van der Waals surface area contributed by atoms with Crippen molar-refractivity contribution in [3.8, 4) is 0 Å². The molecule has 0 aromatic rings. The number of carboxylic acids is 1. The monoisotopic (exact) mass is 320 g/mol. The van der Waals surface area contributed by atoms with Crippen LogP contribution in [0.25, 0.3) is 0 Å². The van der Waals surface area contributed by atoms with Crippen LogP contribution in [0.2, 0.25) is 0 Å². The molecule has 0 radical (unpaired) electrons. The van der Waals surface area contributed by atoms with Gasteiger partial charge in [-0.1, -0.05) is 0 Å². The van der Waals surface area contributed by atoms with E-state index in [0.29, 0.717) is 4.90 Å². The minimum atomic E-state index is -4.78. The van der Waals surface area contributed by atoms with Crippen molar-refractivity contribution in [2.75, 3.05) is 12.6 Å². The van der Waals surface area contributed by atoms with Gasteiger partial charge in [-0.3, -0.25) is 23.6 Å². The average Bonchev–Trinajstić information content (AvgIpc) is 2.07. The standard InChI is InChI=1S/C6H14N2O9P2/c7-5(9)1-4(6(10)11)8(2-18(12,13)14)3-19(15,16)17/h4H,1-3H2,(H2,7,9)(H,10,11)(H2,12,13,14)(H2,15,16,17)/t4-/m0/s1. The lowest BCUT2D eigenvalue weighted by Crippen LogP contribution is -2.44. The third kappa shape index (κ3) is 8.84. The van der Waals surface area contributed by atoms with Crippen molar-refractivity contribution >= 4 is 27.1 Å². The third-order valence-corrected chi connectivity index (χ3v) is 3.32. The van der Waals surface area contributed by atoms with Crippen molar-refractivity contribution in [2.24, 2.45) is 5.73 Å². The quantitative estimate of drug-likeness (QED) is 0.269. The molecule has 112 valence electrons. The van der Waals surface area contributed by atoms with Crippen LogP contribution in [-0.4, -0.2) is 60.1 Å². The van der Waals surface area contributed by atoms with Gasteiger partial charge < -0.3 is 30.4 Å². The Morgan fingerprint density at radius 1 is 1.05 bits per heavy atom. The Bertz CT molecular complexity index is 416. The van der Waals surface area contributed by atoms with Gasteiger partial charge >= 0.3 is 21.2 Å². The van der Waals surface area contributed by atoms with Gasteiger partial charge in [-0.05, 0) is 0 Å². The maximum Gasteiger partial charge on any atom is 0.339 e. The fourth-order valence-corrected chi connectivity index (χ4v) is 2.98. The van der Waals surface area contributed by atoms with Crippen LogP contribution < -0.4 is 5.73 Å². The fraction of sp³-hybridized carbons (Fsp3) is 0.667. The summed E-state index contributed by atoms with van der Waals surface area (Å²) in [6.07, 6.45) is -3.28. The minimum Gasteiger partial charge on any atom is -0.480 e. The van der Waals surface area contributed by atoms with Gasteiger partial charge in [0.15, 0.2) is 0 Å². The van der Waals surface area contributed by atoms with Crippen molar-refractivity contribution in [1.82, 2.24) is 4.90 Å². The van der Waals surface area contributed by atoms with Crippen molar-refractivity contribution < 1.29 is 43.4 Å². The van der Waals surface area contributed by atoms with E-state index in [1.165, 1.54) is 0 Å². The van der Waals surface area contributed by atoms with Crippen LogP contribution in [0.4, 0.5) is 0 Å². The van der Waals surface area contributed by atoms with E-state index in [4.69, 9.17) is 30.4 Å². The summed E-state index contributed by atoms with van der Waals surface area (Å²) >= 11 is 0. The normalized spacial score (nSPS) is 14.4. The number of carboxylic acid groups (broad SMARTS) is 1. The summed E-state index contributed by atoms with van der Waals surface area (Å²) in [5, 5.41) is 8.83. The van der Waals surface area contributed by atoms with Crippen LogP contribution in [-0.2, 0) is 18.7 Å². The number of carbonyl (C=O) groups is 2. The Kier molecular flexibility index (Phi) is 6.30. The first-order chi connectivity index (χ1) is 8.32. The van der Waals surface area contributed by atoms with Crippen molar-refractivity contribution in [3.05, 3.63) is 0 Å². The van der Waals surface area contributed by atoms with Crippen molar-refractivity contribution in [1.29, 1.82) is 0 Å². The minimum absolute atomic E-state index is 0.328. The van der Waals surface area contributed by atoms with E-state index in [1.54, 1.807) is 0 Å². The summed E-state index contributed by atoms with van der Waals surface area (Å²) < 4.78 is 21.7. The molecule has 0 aliphatic carbocycles. The lowest BCUT2D eigenvalue weighted by atomic mass is 10.2. The molecule has 0 aliphatic heterocycles. The number of rotatable bonds is 8. The SMILES string of the molecule is NC(=O)C[C@@H](C(=O)O)N(CP(=O)(O)O)CP(=O)(O)O. The lowest BCUT2D eigenvalue weighted by molar-refractivity contribution is -0.144. The third-order valence-electron chi connectivity index (χ3n) is 1.85. The zero-order chi connectivity index (χ0) is 15.4. The van der Waals surface area contributed by atoms with E-state index < -0.39 is 52.1 Å². The molecule has 0 aromatic heterocycles. The highest BCUT2D eigenvalue weighted by Crippen LogP contribution is 2.41. The van der Waals surface area contributed by atoms with Gasteiger partial charge in [0.2, 0.25) is 5.91 Å². The first kappa shape index (κ1) is 18.2. The predicted octanol–water partition coefficient (Wildman–Crippen LogP) is -2.11. The molecule has 13 heteroatoms. The second-order valence-electron chi connectivity index (χ2n) is 3.73. The highest BCUT2D eigenvalue weighted by atomic mass is 31.2. The molecular weight excluding hydrogens is 306 g/mol. The Hall–Kier alpha value is -0.800. The van der Waals surface area contributed by atoms with Crippen LogP contribution >= 0.6 is 15.2 Å². The van der Waals surface area contributed by atoms with Crippen LogP contribution in [0, 0.1) is 0 Å². The van der Waals surface area contributed by atoms with Gasteiger partial charge in [-0.25, -0.2) is 0 Å². The number of carbonyl (C=O) groups excluding carboxylic acids is 1. The van der Waals surface area contributed by atoms with E-state index in [-0.39, 0.29) is 0 Å². The van der Waals surface area contributed by atoms with Gasteiger partial charge in [-0.2, -0.15) is 0 Å². The zero-order valence-electron chi connectivity index (χ0n) is 9.49. The summed E-state index contributed by atoms with van der Waals surface area (Å²) in [5.41, 5.74) is 4.78. The van der Waals surface area contributed by atoms with Crippen molar-refractivity contribution in [3.63, 3.8) is 0 Å². The van der Waals surface area contributed by atoms with Gasteiger partial charge in [0.1, 0.15) is 18.6 Å². The molecule has 0 fully saturated rings. The summed E-state index contributed by atoms with van der Waals surface area (Å²) in [6.45, 7) is 0. The molecular formula is C6H14N2O9P2. The van der Waals surface area contributed by atoms with Crippen molar-refractivity contribution in [2.45, 2.75) is 12.5 Å². The van der Waals surface area contributed by atoms with E-state index in [1.807, 2.05) is 0 Å². The van der Waals surface area contributed by atoms with E-state index in [2.05, 4.69) is 0 Å². The summed E-state index contributed by atoms with van der Waals surface area (Å²) in [5.74, 6) is -2.77. The molecule has 0 saturated heterocycles. The molecule has 0 heterocycles. The summed E-state index contributed by atoms with van der Waals surface area (Å²) in [7, 11) is -9.56. The number of nitrogens with two attached hydrogens (primary N) is 1. The Morgan fingerprint density at radius 3 is 1.63 bits per heavy atom. The van der Waals surface area contributed by atoms with E-state index >= 15 is 0 Å². The predicted molar refractivity (Wildman–Crippen MR) is 60.9 cm³/mol. The molecule has 0 unspecified atom stereocenters. The van der Waals surface area contributed by atoms with Gasteiger partial charge in [0.05, 0.1) is 6.42 Å². The molecule has 1 amide bonds. The molecule has 0 saturated carbocycles. The van der Waals surface area contributed by atoms with Gasteiger partial charge in [-0.15, -0.1) is 0 Å². The lowest BCUT2D eigenvalue weighted by Gasteiger charge is -2.28. The topological polar surface area (TPSA) is 199 Å². The van der Waals surface area contributed by atoms with Gasteiger partial charge in [0.25, 0.3) is 0 Å². The van der Waals surface area contributed by atoms with E-state index in [0.717, 1.165) is 0 Å². The summed E-state index contributed by atoms with van der Waals surface area (Å²) in [4.78, 5) is 56.9. The molecule has 1 atom stereocenters. The highest BCUT2D eigenvalue weighted by Gasteiger charge is 2.35. The van der Waals surface area contributed by atoms with E-state index in [9.17, 15) is 18.7 Å². The Balaban J connectivity index is 5.27. The second kappa shape index (κ2) is 6.58. The average molecular weight is 320 g/mol. The fourth-order valence-electron chi connectivity index (χ4n) is 1.28. The number of aliphatic carboxylic acids is 1. The number of hydrogen-bond acceptors (Lipinski definition) is 5. The Morgan fingerprint density at radius 2 is 1.42 bits per heavy atom. The van der Waals surface area contributed by atoms with Crippen LogP contribution in [0.15, 0.2) is 0 Å². The molecule has 0 spiro atoms. The number of nitrogens with zero attached hydrogens (tertiary/aromatic N) is 1. The maximum atomic E-state index is 10.9. The number of hydrogen-bond donors (Lipinski definition) is 6. The van der Waals surface area contributed by atoms with Crippen LogP contribution in [0.5, 0.6) is 0 Å².